The Bertz CT molecular complexity index is 1900. The number of methoxy groups -OCH3 is 1. The maximum atomic E-state index is 15.2. The van der Waals surface area contributed by atoms with E-state index in [9.17, 15) is 14.0 Å². The molecule has 0 fully saturated rings. The zero-order valence-electron chi connectivity index (χ0n) is 23.8. The molecule has 9 heteroatoms. The van der Waals surface area contributed by atoms with Crippen LogP contribution in [-0.4, -0.2) is 27.8 Å². The number of carbonyl (C=O) groups excluding carboxylic acids is 1. The molecule has 42 heavy (non-hydrogen) atoms. The molecular formula is C33H29F2N3O4. The van der Waals surface area contributed by atoms with Crippen molar-refractivity contribution in [2.45, 2.75) is 40.0 Å². The van der Waals surface area contributed by atoms with Gasteiger partial charge in [0.15, 0.2) is 28.5 Å². The van der Waals surface area contributed by atoms with Gasteiger partial charge in [0.2, 0.25) is 5.88 Å². The Kier molecular flexibility index (Phi) is 7.85. The van der Waals surface area contributed by atoms with Gasteiger partial charge in [0.1, 0.15) is 11.3 Å². The minimum Gasteiger partial charge on any atom is -0.481 e. The summed E-state index contributed by atoms with van der Waals surface area (Å²) in [5, 5.41) is 0. The molecule has 0 saturated carbocycles. The van der Waals surface area contributed by atoms with Crippen LogP contribution < -0.4 is 14.9 Å². The Morgan fingerprint density at radius 3 is 2.50 bits per heavy atom. The number of ether oxygens (including phenoxy) is 2. The van der Waals surface area contributed by atoms with E-state index in [2.05, 4.69) is 15.0 Å². The number of rotatable bonds is 8. The highest BCUT2D eigenvalue weighted by atomic mass is 19.1. The smallest absolute Gasteiger partial charge is 0.217 e. The van der Waals surface area contributed by atoms with Crippen molar-refractivity contribution in [3.63, 3.8) is 0 Å². The van der Waals surface area contributed by atoms with Crippen LogP contribution in [0.5, 0.6) is 17.4 Å². The van der Waals surface area contributed by atoms with Crippen LogP contribution in [-0.2, 0) is 6.42 Å². The normalized spacial score (nSPS) is 11.2. The number of fused-ring (bicyclic) bond motifs is 1. The van der Waals surface area contributed by atoms with E-state index in [1.54, 1.807) is 32.2 Å². The van der Waals surface area contributed by atoms with Crippen molar-refractivity contribution >= 4 is 16.8 Å². The van der Waals surface area contributed by atoms with Crippen LogP contribution >= 0.6 is 0 Å². The van der Waals surface area contributed by atoms with Gasteiger partial charge in [0.25, 0.3) is 0 Å². The number of hydrogen-bond acceptors (Lipinski definition) is 6. The molecule has 5 aromatic rings. The average molecular weight is 570 g/mol. The summed E-state index contributed by atoms with van der Waals surface area (Å²) in [6.07, 6.45) is 2.71. The first kappa shape index (κ1) is 28.6. The number of ketones is 1. The second kappa shape index (κ2) is 11.5. The zero-order valence-corrected chi connectivity index (χ0v) is 23.8. The summed E-state index contributed by atoms with van der Waals surface area (Å²) in [6, 6.07) is 11.8. The first-order valence-electron chi connectivity index (χ1n) is 13.4. The van der Waals surface area contributed by atoms with E-state index in [0.717, 1.165) is 5.56 Å². The second-order valence-corrected chi connectivity index (χ2v) is 10.4. The van der Waals surface area contributed by atoms with E-state index in [1.807, 2.05) is 19.9 Å². The minimum atomic E-state index is -0.684. The summed E-state index contributed by atoms with van der Waals surface area (Å²) < 4.78 is 40.2. The number of halogens is 2. The number of nitrogens with one attached hydrogen (secondary N) is 1. The van der Waals surface area contributed by atoms with Gasteiger partial charge in [0.05, 0.1) is 18.2 Å². The molecule has 0 spiro atoms. The van der Waals surface area contributed by atoms with Crippen LogP contribution in [0.4, 0.5) is 8.78 Å². The van der Waals surface area contributed by atoms with Gasteiger partial charge in [-0.15, -0.1) is 0 Å². The Labute approximate surface area is 241 Å². The van der Waals surface area contributed by atoms with Gasteiger partial charge >= 0.3 is 0 Å². The summed E-state index contributed by atoms with van der Waals surface area (Å²) >= 11 is 0. The highest BCUT2D eigenvalue weighted by Crippen LogP contribution is 2.34. The van der Waals surface area contributed by atoms with Crippen molar-refractivity contribution in [2.24, 2.45) is 0 Å². The number of aromatic nitrogens is 3. The predicted molar refractivity (Wildman–Crippen MR) is 157 cm³/mol. The van der Waals surface area contributed by atoms with Crippen molar-refractivity contribution < 1.29 is 23.0 Å². The van der Waals surface area contributed by atoms with Gasteiger partial charge < -0.3 is 14.5 Å². The van der Waals surface area contributed by atoms with Crippen LogP contribution in [0.3, 0.4) is 0 Å². The highest BCUT2D eigenvalue weighted by molar-refractivity contribution is 5.98. The summed E-state index contributed by atoms with van der Waals surface area (Å²) in [7, 11) is 1.53. The fourth-order valence-corrected chi connectivity index (χ4v) is 4.90. The molecule has 5 rings (SSSR count). The van der Waals surface area contributed by atoms with Crippen LogP contribution in [0, 0.1) is 25.5 Å². The minimum absolute atomic E-state index is 0.0605. The summed E-state index contributed by atoms with van der Waals surface area (Å²) in [5.74, 6) is -0.751. The van der Waals surface area contributed by atoms with E-state index in [0.29, 0.717) is 50.6 Å². The molecule has 0 aliphatic heterocycles. The largest absolute Gasteiger partial charge is 0.481 e. The van der Waals surface area contributed by atoms with Crippen molar-refractivity contribution in [3.8, 4) is 28.5 Å². The fourth-order valence-electron chi connectivity index (χ4n) is 4.90. The van der Waals surface area contributed by atoms with Crippen LogP contribution in [0.2, 0.25) is 0 Å². The molecule has 3 heterocycles. The molecule has 214 valence electrons. The number of benzene rings is 2. The summed E-state index contributed by atoms with van der Waals surface area (Å²) in [5.41, 5.74) is 3.67. The van der Waals surface area contributed by atoms with E-state index in [1.165, 1.54) is 43.6 Å². The number of carbonyl (C=O) groups is 1. The molecule has 0 aliphatic carbocycles. The molecular weight excluding hydrogens is 540 g/mol. The third kappa shape index (κ3) is 5.50. The summed E-state index contributed by atoms with van der Waals surface area (Å²) in [4.78, 5) is 38.4. The number of pyridine rings is 3. The second-order valence-electron chi connectivity index (χ2n) is 10.4. The van der Waals surface area contributed by atoms with Gasteiger partial charge in [-0.3, -0.25) is 14.6 Å². The van der Waals surface area contributed by atoms with Gasteiger partial charge in [0, 0.05) is 41.7 Å². The van der Waals surface area contributed by atoms with Crippen LogP contribution in [0.1, 0.15) is 52.5 Å². The lowest BCUT2D eigenvalue weighted by Crippen LogP contribution is -2.20. The molecule has 0 saturated heterocycles. The molecule has 0 amide bonds. The number of Topliss-reactive ketones (excluding diaryl/α,β-unsaturated/α-hetero) is 1. The quantitative estimate of drug-likeness (QED) is 0.198. The molecule has 0 atom stereocenters. The number of hydrogen-bond donors (Lipinski definition) is 1. The Hall–Kier alpha value is -4.92. The number of aromatic amines is 1. The van der Waals surface area contributed by atoms with E-state index >= 15 is 4.39 Å². The van der Waals surface area contributed by atoms with Crippen molar-refractivity contribution in [1.29, 1.82) is 0 Å². The molecule has 0 bridgehead atoms. The molecule has 0 radical (unpaired) electrons. The first-order chi connectivity index (χ1) is 20.1. The standard InChI is InChI=1S/C33H29F2N3O4/c1-17(2)23-15-26-31(38-33(23)41-5)29(10-11-36-26)42-28-9-6-20(13-25(28)35)14-27(39)24-16-37-19(4)30(32(24)40)22-8-7-21(34)12-18(22)3/h6-13,15-17H,14H2,1-5H3,(H,37,40). The summed E-state index contributed by atoms with van der Waals surface area (Å²) in [6.45, 7) is 7.45. The van der Waals surface area contributed by atoms with Gasteiger partial charge in [-0.05, 0) is 66.8 Å². The van der Waals surface area contributed by atoms with E-state index < -0.39 is 22.8 Å². The van der Waals surface area contributed by atoms with Crippen molar-refractivity contribution in [3.05, 3.63) is 111 Å². The Morgan fingerprint density at radius 1 is 1.02 bits per heavy atom. The molecule has 0 aliphatic rings. The fraction of sp³-hybridized carbons (Fsp3) is 0.212. The number of aryl methyl sites for hydroxylation is 2. The van der Waals surface area contributed by atoms with Gasteiger partial charge in [-0.2, -0.15) is 0 Å². The van der Waals surface area contributed by atoms with Gasteiger partial charge in [-0.25, -0.2) is 13.8 Å². The maximum absolute atomic E-state index is 15.2. The molecule has 3 aromatic heterocycles. The Morgan fingerprint density at radius 2 is 1.81 bits per heavy atom. The third-order valence-corrected chi connectivity index (χ3v) is 7.10. The number of H-pyrrole nitrogens is 1. The first-order valence-corrected chi connectivity index (χ1v) is 13.4. The van der Waals surface area contributed by atoms with Gasteiger partial charge in [-0.1, -0.05) is 26.0 Å². The monoisotopic (exact) mass is 569 g/mol. The lowest BCUT2D eigenvalue weighted by molar-refractivity contribution is 0.0991. The average Bonchev–Trinajstić information content (AvgIpc) is 2.94. The predicted octanol–water partition coefficient (Wildman–Crippen LogP) is 7.23. The van der Waals surface area contributed by atoms with E-state index in [-0.39, 0.29) is 23.7 Å². The lowest BCUT2D eigenvalue weighted by atomic mass is 9.95. The Balaban J connectivity index is 1.41. The lowest BCUT2D eigenvalue weighted by Gasteiger charge is -2.14. The molecule has 1 N–H and O–H groups in total. The van der Waals surface area contributed by atoms with Crippen LogP contribution in [0.25, 0.3) is 22.2 Å². The van der Waals surface area contributed by atoms with E-state index in [4.69, 9.17) is 9.47 Å². The number of nitrogens with zero attached hydrogens (tertiary/aromatic N) is 2. The van der Waals surface area contributed by atoms with Crippen molar-refractivity contribution in [2.75, 3.05) is 7.11 Å². The molecule has 7 nitrogen and oxygen atoms in total. The van der Waals surface area contributed by atoms with Crippen LogP contribution in [0.15, 0.2) is 65.7 Å². The topological polar surface area (TPSA) is 94.2 Å². The molecule has 0 unspecified atom stereocenters. The maximum Gasteiger partial charge on any atom is 0.217 e. The molecule has 2 aromatic carbocycles. The SMILES string of the molecule is COc1nc2c(Oc3ccc(CC(=O)c4c[nH]c(C)c(-c5ccc(F)cc5C)c4=O)cc3F)ccnc2cc1C(C)C. The third-order valence-electron chi connectivity index (χ3n) is 7.10. The highest BCUT2D eigenvalue weighted by Gasteiger charge is 2.20. The van der Waals surface area contributed by atoms with Crippen molar-refractivity contribution in [1.82, 2.24) is 15.0 Å². The zero-order chi connectivity index (χ0) is 30.1.